The van der Waals surface area contributed by atoms with Gasteiger partial charge in [0, 0.05) is 35.6 Å². The second-order valence-corrected chi connectivity index (χ2v) is 7.63. The van der Waals surface area contributed by atoms with E-state index in [4.69, 9.17) is 0 Å². The number of aromatic nitrogens is 1. The van der Waals surface area contributed by atoms with Gasteiger partial charge in [0.1, 0.15) is 6.04 Å². The van der Waals surface area contributed by atoms with Gasteiger partial charge in [-0.05, 0) is 57.1 Å². The molecule has 0 spiro atoms. The largest absolute Gasteiger partial charge is 0.358 e. The van der Waals surface area contributed by atoms with Crippen LogP contribution >= 0.6 is 0 Å². The van der Waals surface area contributed by atoms with Gasteiger partial charge in [0.05, 0.1) is 0 Å². The lowest BCUT2D eigenvalue weighted by atomic mass is 10.0. The van der Waals surface area contributed by atoms with Crippen molar-refractivity contribution in [2.24, 2.45) is 5.92 Å². The predicted molar refractivity (Wildman–Crippen MR) is 102 cm³/mol. The summed E-state index contributed by atoms with van der Waals surface area (Å²) in [6.07, 6.45) is 5.60. The van der Waals surface area contributed by atoms with E-state index >= 15 is 0 Å². The second-order valence-electron chi connectivity index (χ2n) is 7.63. The van der Waals surface area contributed by atoms with E-state index in [0.29, 0.717) is 6.54 Å². The molecule has 1 atom stereocenters. The molecular weight excluding hydrogens is 326 g/mol. The fraction of sp³-hybridized carbons (Fsp3) is 0.524. The lowest BCUT2D eigenvalue weighted by Crippen LogP contribution is -2.52. The van der Waals surface area contributed by atoms with Crippen LogP contribution in [0.3, 0.4) is 0 Å². The van der Waals surface area contributed by atoms with Crippen LogP contribution in [-0.2, 0) is 16.0 Å². The maximum absolute atomic E-state index is 12.7. The summed E-state index contributed by atoms with van der Waals surface area (Å²) in [5.74, 6) is 0.380. The van der Waals surface area contributed by atoms with E-state index in [2.05, 4.69) is 29.4 Å². The monoisotopic (exact) mass is 353 g/mol. The molecule has 26 heavy (non-hydrogen) atoms. The minimum absolute atomic E-state index is 0.0104. The molecule has 4 rings (SSSR count). The van der Waals surface area contributed by atoms with E-state index in [1.807, 2.05) is 17.0 Å². The first kappa shape index (κ1) is 17.1. The Morgan fingerprint density at radius 2 is 2.00 bits per heavy atom. The van der Waals surface area contributed by atoms with Gasteiger partial charge >= 0.3 is 0 Å². The average Bonchev–Trinajstić information content (AvgIpc) is 3.46. The highest BCUT2D eigenvalue weighted by molar-refractivity contribution is 5.89. The Kier molecular flexibility index (Phi) is 4.70. The third-order valence-corrected chi connectivity index (χ3v) is 5.72. The van der Waals surface area contributed by atoms with Gasteiger partial charge < -0.3 is 15.2 Å². The number of hydrogen-bond donors (Lipinski definition) is 2. The number of aryl methyl sites for hydroxylation is 1. The molecule has 1 aromatic heterocycles. The van der Waals surface area contributed by atoms with Crippen LogP contribution in [-0.4, -0.2) is 40.8 Å². The van der Waals surface area contributed by atoms with Crippen LogP contribution in [0, 0.1) is 12.8 Å². The van der Waals surface area contributed by atoms with Gasteiger partial charge in [-0.2, -0.15) is 0 Å². The van der Waals surface area contributed by atoms with E-state index in [9.17, 15) is 9.59 Å². The number of nitrogens with one attached hydrogen (secondary N) is 2. The maximum Gasteiger partial charge on any atom is 0.242 e. The number of fused-ring (bicyclic) bond motifs is 1. The van der Waals surface area contributed by atoms with E-state index < -0.39 is 0 Å². The Balaban J connectivity index is 1.38. The van der Waals surface area contributed by atoms with Crippen LogP contribution < -0.4 is 5.32 Å². The molecule has 2 amide bonds. The molecule has 5 heteroatoms. The number of amides is 2. The van der Waals surface area contributed by atoms with E-state index in [-0.39, 0.29) is 23.8 Å². The van der Waals surface area contributed by atoms with Crippen molar-refractivity contribution in [3.8, 4) is 0 Å². The topological polar surface area (TPSA) is 65.2 Å². The molecule has 2 aromatic rings. The van der Waals surface area contributed by atoms with Gasteiger partial charge in [-0.15, -0.1) is 0 Å². The first-order valence-electron chi connectivity index (χ1n) is 9.79. The molecule has 0 bridgehead atoms. The van der Waals surface area contributed by atoms with Gasteiger partial charge in [0.2, 0.25) is 11.8 Å². The Labute approximate surface area is 154 Å². The Hall–Kier alpha value is -2.30. The molecule has 2 aliphatic rings. The Morgan fingerprint density at radius 3 is 2.81 bits per heavy atom. The molecule has 2 heterocycles. The molecule has 1 aromatic carbocycles. The molecule has 2 fully saturated rings. The van der Waals surface area contributed by atoms with Crippen molar-refractivity contribution in [3.05, 3.63) is 35.5 Å². The number of rotatable bonds is 5. The van der Waals surface area contributed by atoms with E-state index in [1.165, 1.54) is 10.9 Å². The number of benzene rings is 1. The highest BCUT2D eigenvalue weighted by Gasteiger charge is 2.39. The summed E-state index contributed by atoms with van der Waals surface area (Å²) < 4.78 is 0. The van der Waals surface area contributed by atoms with Crippen LogP contribution in [0.1, 0.15) is 43.4 Å². The zero-order valence-electron chi connectivity index (χ0n) is 15.4. The highest BCUT2D eigenvalue weighted by atomic mass is 16.2. The standard InChI is InChI=1S/C21H27N3O2/c1-14-16(17-6-2-3-7-18(17)23-14)11-12-22-20(25)19-8-4-5-13-24(19)21(26)15-9-10-15/h2-3,6-7,15,19,23H,4-5,8-13H2,1H3,(H,22,25)/t19-/m1/s1. The van der Waals surface area contributed by atoms with Crippen molar-refractivity contribution in [3.63, 3.8) is 0 Å². The lowest BCUT2D eigenvalue weighted by molar-refractivity contribution is -0.143. The summed E-state index contributed by atoms with van der Waals surface area (Å²) in [7, 11) is 0. The quantitative estimate of drug-likeness (QED) is 0.868. The van der Waals surface area contributed by atoms with Crippen molar-refractivity contribution >= 4 is 22.7 Å². The minimum Gasteiger partial charge on any atom is -0.358 e. The number of para-hydroxylation sites is 1. The van der Waals surface area contributed by atoms with Crippen molar-refractivity contribution in [1.29, 1.82) is 0 Å². The number of nitrogens with zero attached hydrogens (tertiary/aromatic N) is 1. The maximum atomic E-state index is 12.7. The average molecular weight is 353 g/mol. The van der Waals surface area contributed by atoms with Gasteiger partial charge in [-0.3, -0.25) is 9.59 Å². The summed E-state index contributed by atoms with van der Waals surface area (Å²) >= 11 is 0. The third-order valence-electron chi connectivity index (χ3n) is 5.72. The smallest absolute Gasteiger partial charge is 0.242 e. The first-order valence-corrected chi connectivity index (χ1v) is 9.79. The summed E-state index contributed by atoms with van der Waals surface area (Å²) in [4.78, 5) is 30.4. The van der Waals surface area contributed by atoms with E-state index in [1.54, 1.807) is 0 Å². The molecular formula is C21H27N3O2. The lowest BCUT2D eigenvalue weighted by Gasteiger charge is -2.35. The Bertz CT molecular complexity index is 822. The fourth-order valence-electron chi connectivity index (χ4n) is 4.12. The van der Waals surface area contributed by atoms with Crippen molar-refractivity contribution in [2.75, 3.05) is 13.1 Å². The van der Waals surface area contributed by atoms with Crippen molar-refractivity contribution in [2.45, 2.75) is 51.5 Å². The molecule has 2 N–H and O–H groups in total. The van der Waals surface area contributed by atoms with Gasteiger partial charge in [0.25, 0.3) is 0 Å². The molecule has 0 unspecified atom stereocenters. The molecule has 1 aliphatic heterocycles. The fourth-order valence-corrected chi connectivity index (χ4v) is 4.12. The molecule has 1 saturated carbocycles. The normalized spacial score (nSPS) is 20.3. The molecule has 138 valence electrons. The summed E-state index contributed by atoms with van der Waals surface area (Å²) in [6.45, 7) is 3.41. The van der Waals surface area contributed by atoms with Crippen LogP contribution in [0.5, 0.6) is 0 Å². The van der Waals surface area contributed by atoms with Gasteiger partial charge in [-0.25, -0.2) is 0 Å². The van der Waals surface area contributed by atoms with Crippen LogP contribution in [0.4, 0.5) is 0 Å². The third kappa shape index (κ3) is 3.35. The Morgan fingerprint density at radius 1 is 1.19 bits per heavy atom. The van der Waals surface area contributed by atoms with Gasteiger partial charge in [-0.1, -0.05) is 18.2 Å². The number of carbonyl (C=O) groups is 2. The number of piperidine rings is 1. The SMILES string of the molecule is Cc1[nH]c2ccccc2c1CCNC(=O)[C@H]1CCCCN1C(=O)C1CC1. The number of likely N-dealkylation sites (tertiary alicyclic amines) is 1. The van der Waals surface area contributed by atoms with Crippen LogP contribution in [0.15, 0.2) is 24.3 Å². The van der Waals surface area contributed by atoms with Crippen LogP contribution in [0.2, 0.25) is 0 Å². The van der Waals surface area contributed by atoms with Crippen molar-refractivity contribution < 1.29 is 9.59 Å². The molecule has 1 saturated heterocycles. The van der Waals surface area contributed by atoms with Gasteiger partial charge in [0.15, 0.2) is 0 Å². The summed E-state index contributed by atoms with van der Waals surface area (Å²) in [6, 6.07) is 7.99. The van der Waals surface area contributed by atoms with Crippen LogP contribution in [0.25, 0.3) is 10.9 Å². The number of carbonyl (C=O) groups excluding carboxylic acids is 2. The predicted octanol–water partition coefficient (Wildman–Crippen LogP) is 2.93. The zero-order valence-corrected chi connectivity index (χ0v) is 15.4. The molecule has 1 aliphatic carbocycles. The minimum atomic E-state index is -0.277. The number of aromatic amines is 1. The second kappa shape index (κ2) is 7.14. The summed E-state index contributed by atoms with van der Waals surface area (Å²) in [5, 5.41) is 4.30. The molecule has 0 radical (unpaired) electrons. The molecule has 5 nitrogen and oxygen atoms in total. The first-order chi connectivity index (χ1) is 12.6. The highest BCUT2D eigenvalue weighted by Crippen LogP contribution is 2.33. The van der Waals surface area contributed by atoms with Crippen molar-refractivity contribution in [1.82, 2.24) is 15.2 Å². The number of H-pyrrole nitrogens is 1. The van der Waals surface area contributed by atoms with E-state index in [0.717, 1.165) is 56.3 Å². The summed E-state index contributed by atoms with van der Waals surface area (Å²) in [5.41, 5.74) is 3.55. The zero-order chi connectivity index (χ0) is 18.1. The number of hydrogen-bond acceptors (Lipinski definition) is 2.